The molecular weight excluding hydrogens is 745 g/mol. The summed E-state index contributed by atoms with van der Waals surface area (Å²) in [5, 5.41) is 7.19. The summed E-state index contributed by atoms with van der Waals surface area (Å²) in [6.07, 6.45) is 0. The fraction of sp³-hybridized carbons (Fsp3) is 0.0179. The Kier molecular flexibility index (Phi) is 6.43. The first-order valence-electron chi connectivity index (χ1n) is 20.8. The molecule has 5 heteroatoms. The third-order valence-electron chi connectivity index (χ3n) is 13.2. The quantitative estimate of drug-likeness (QED) is 0.179. The molecule has 2 aliphatic carbocycles. The monoisotopic (exact) mass is 776 g/mol. The number of aromatic nitrogens is 4. The van der Waals surface area contributed by atoms with Gasteiger partial charge < -0.3 is 8.98 Å². The van der Waals surface area contributed by atoms with Crippen LogP contribution < -0.4 is 0 Å². The summed E-state index contributed by atoms with van der Waals surface area (Å²) in [5.41, 5.74) is 15.2. The van der Waals surface area contributed by atoms with Crippen LogP contribution >= 0.6 is 0 Å². The highest BCUT2D eigenvalue weighted by Crippen LogP contribution is 2.62. The molecule has 3 heterocycles. The van der Waals surface area contributed by atoms with E-state index in [0.717, 1.165) is 55.3 Å². The molecule has 0 amide bonds. The number of hydrogen-bond donors (Lipinski definition) is 0. The van der Waals surface area contributed by atoms with Crippen LogP contribution in [-0.4, -0.2) is 19.5 Å². The summed E-state index contributed by atoms with van der Waals surface area (Å²) in [6, 6.07) is 69.4. The van der Waals surface area contributed by atoms with Crippen molar-refractivity contribution < 1.29 is 4.42 Å². The average molecular weight is 777 g/mol. The lowest BCUT2D eigenvalue weighted by molar-refractivity contribution is 0.666. The molecule has 0 atom stereocenters. The van der Waals surface area contributed by atoms with Crippen molar-refractivity contribution in [2.45, 2.75) is 5.41 Å². The molecule has 14 rings (SSSR count). The van der Waals surface area contributed by atoms with Gasteiger partial charge in [0.25, 0.3) is 0 Å². The summed E-state index contributed by atoms with van der Waals surface area (Å²) in [5.74, 6) is 1.88. The second kappa shape index (κ2) is 12.0. The fourth-order valence-corrected chi connectivity index (χ4v) is 10.8. The minimum absolute atomic E-state index is 0.461. The van der Waals surface area contributed by atoms with Crippen molar-refractivity contribution >= 4 is 54.5 Å². The van der Waals surface area contributed by atoms with Crippen LogP contribution in [0.5, 0.6) is 0 Å². The van der Waals surface area contributed by atoms with Crippen molar-refractivity contribution in [2.24, 2.45) is 0 Å². The third-order valence-corrected chi connectivity index (χ3v) is 13.2. The first-order chi connectivity index (χ1) is 30.3. The molecule has 61 heavy (non-hydrogen) atoms. The Balaban J connectivity index is 1.02. The molecule has 0 fully saturated rings. The molecule has 9 aromatic carbocycles. The van der Waals surface area contributed by atoms with Crippen LogP contribution in [0.3, 0.4) is 0 Å². The van der Waals surface area contributed by atoms with Gasteiger partial charge in [-0.1, -0.05) is 158 Å². The normalized spacial score (nSPS) is 13.4. The van der Waals surface area contributed by atoms with Crippen LogP contribution in [0.15, 0.2) is 199 Å². The summed E-state index contributed by atoms with van der Waals surface area (Å²) in [7, 11) is 0. The van der Waals surface area contributed by atoms with Gasteiger partial charge in [-0.15, -0.1) is 0 Å². The zero-order chi connectivity index (χ0) is 39.8. The van der Waals surface area contributed by atoms with Crippen molar-refractivity contribution in [1.29, 1.82) is 0 Å². The fourth-order valence-electron chi connectivity index (χ4n) is 10.8. The molecule has 0 saturated heterocycles. The number of fused-ring (bicyclic) bond motifs is 10. The summed E-state index contributed by atoms with van der Waals surface area (Å²) in [4.78, 5) is 15.0. The molecule has 0 saturated carbocycles. The molecule has 0 N–H and O–H groups in total. The Hall–Kier alpha value is -8.15. The number of hydrogen-bond acceptors (Lipinski definition) is 4. The Morgan fingerprint density at radius 2 is 0.967 bits per heavy atom. The van der Waals surface area contributed by atoms with E-state index in [1.807, 2.05) is 60.7 Å². The maximum Gasteiger partial charge on any atom is 0.164 e. The number of rotatable bonds is 4. The summed E-state index contributed by atoms with van der Waals surface area (Å²) < 4.78 is 9.36. The standard InChI is InChI=1S/C56H32N4O/c1-3-14-34(15-4-1)53-57-54(35-16-5-2-6-17-35)59-55(58-53)36-29-31-48-40(32-36)39-21-12-27-47(52(39)61-48)60-45-26-13-25-44-50(45)51-46(60)30-28-33-18-11-24-43(49(33)51)56(44)41-22-9-7-19-37(41)38-20-8-10-23-42(38)56/h1-32H. The molecule has 1 spiro atoms. The molecule has 282 valence electrons. The van der Waals surface area contributed by atoms with Crippen LogP contribution in [0.25, 0.3) is 105 Å². The van der Waals surface area contributed by atoms with E-state index >= 15 is 0 Å². The predicted molar refractivity (Wildman–Crippen MR) is 246 cm³/mol. The maximum atomic E-state index is 6.93. The molecule has 3 aromatic heterocycles. The first kappa shape index (κ1) is 32.8. The van der Waals surface area contributed by atoms with Gasteiger partial charge in [0.05, 0.1) is 22.1 Å². The molecule has 5 nitrogen and oxygen atoms in total. The van der Waals surface area contributed by atoms with Crippen LogP contribution in [-0.2, 0) is 5.41 Å². The number of para-hydroxylation sites is 1. The smallest absolute Gasteiger partial charge is 0.164 e. The zero-order valence-corrected chi connectivity index (χ0v) is 32.7. The Morgan fingerprint density at radius 3 is 1.67 bits per heavy atom. The SMILES string of the molecule is c1ccc(-c2nc(-c3ccccc3)nc(-c3ccc4oc5c(-n6c7cccc8c7c7c9c(cccc9ccc76)C86c7ccccc7-c7ccccc76)cccc5c4c3)n2)cc1. The van der Waals surface area contributed by atoms with E-state index in [1.165, 1.54) is 54.9 Å². The molecule has 2 aliphatic rings. The lowest BCUT2D eigenvalue weighted by Gasteiger charge is -2.37. The van der Waals surface area contributed by atoms with Gasteiger partial charge in [-0.2, -0.15) is 0 Å². The molecule has 0 aliphatic heterocycles. The molecule has 0 bridgehead atoms. The van der Waals surface area contributed by atoms with Crippen molar-refractivity contribution in [2.75, 3.05) is 0 Å². The second-order valence-corrected chi connectivity index (χ2v) is 16.2. The van der Waals surface area contributed by atoms with Gasteiger partial charge in [0, 0.05) is 38.2 Å². The Bertz CT molecular complexity index is 3720. The van der Waals surface area contributed by atoms with Gasteiger partial charge in [0.1, 0.15) is 5.58 Å². The van der Waals surface area contributed by atoms with E-state index in [0.29, 0.717) is 17.5 Å². The molecule has 12 aromatic rings. The summed E-state index contributed by atoms with van der Waals surface area (Å²) >= 11 is 0. The predicted octanol–water partition coefficient (Wildman–Crippen LogP) is 13.7. The highest BCUT2D eigenvalue weighted by Gasteiger charge is 2.50. The molecular formula is C56H32N4O. The van der Waals surface area contributed by atoms with Gasteiger partial charge in [-0.05, 0) is 80.6 Å². The van der Waals surface area contributed by atoms with E-state index in [1.54, 1.807) is 0 Å². The third kappa shape index (κ3) is 4.26. The van der Waals surface area contributed by atoms with Crippen molar-refractivity contribution in [3.05, 3.63) is 216 Å². The Morgan fingerprint density at radius 1 is 0.393 bits per heavy atom. The van der Waals surface area contributed by atoms with Crippen molar-refractivity contribution in [1.82, 2.24) is 19.5 Å². The highest BCUT2D eigenvalue weighted by molar-refractivity contribution is 6.27. The minimum Gasteiger partial charge on any atom is -0.454 e. The second-order valence-electron chi connectivity index (χ2n) is 16.2. The van der Waals surface area contributed by atoms with E-state index < -0.39 is 5.41 Å². The van der Waals surface area contributed by atoms with Crippen molar-refractivity contribution in [3.8, 4) is 51.0 Å². The van der Waals surface area contributed by atoms with Gasteiger partial charge in [-0.25, -0.2) is 15.0 Å². The first-order valence-corrected chi connectivity index (χ1v) is 20.8. The van der Waals surface area contributed by atoms with Gasteiger partial charge in [0.15, 0.2) is 23.1 Å². The number of nitrogens with zero attached hydrogens (tertiary/aromatic N) is 4. The van der Waals surface area contributed by atoms with Gasteiger partial charge in [0.2, 0.25) is 0 Å². The average Bonchev–Trinajstić information content (AvgIpc) is 3.98. The minimum atomic E-state index is -0.461. The van der Waals surface area contributed by atoms with Crippen molar-refractivity contribution in [3.63, 3.8) is 0 Å². The largest absolute Gasteiger partial charge is 0.454 e. The number of furan rings is 1. The highest BCUT2D eigenvalue weighted by atomic mass is 16.3. The van der Waals surface area contributed by atoms with E-state index in [4.69, 9.17) is 19.4 Å². The lowest BCUT2D eigenvalue weighted by Crippen LogP contribution is -2.30. The van der Waals surface area contributed by atoms with Gasteiger partial charge in [-0.3, -0.25) is 0 Å². The topological polar surface area (TPSA) is 56.7 Å². The van der Waals surface area contributed by atoms with Gasteiger partial charge >= 0.3 is 0 Å². The lowest BCUT2D eigenvalue weighted by atomic mass is 9.63. The molecule has 0 unspecified atom stereocenters. The van der Waals surface area contributed by atoms with Crippen LogP contribution in [0, 0.1) is 0 Å². The van der Waals surface area contributed by atoms with Crippen LogP contribution in [0.1, 0.15) is 22.3 Å². The van der Waals surface area contributed by atoms with E-state index in [-0.39, 0.29) is 0 Å². The Labute approximate surface area is 349 Å². The number of benzene rings is 9. The molecule has 0 radical (unpaired) electrons. The maximum absolute atomic E-state index is 6.93. The van der Waals surface area contributed by atoms with Crippen LogP contribution in [0.4, 0.5) is 0 Å². The van der Waals surface area contributed by atoms with E-state index in [9.17, 15) is 0 Å². The summed E-state index contributed by atoms with van der Waals surface area (Å²) in [6.45, 7) is 0. The zero-order valence-electron chi connectivity index (χ0n) is 32.7. The van der Waals surface area contributed by atoms with E-state index in [2.05, 4.69) is 138 Å². The van der Waals surface area contributed by atoms with Crippen LogP contribution in [0.2, 0.25) is 0 Å².